The van der Waals surface area contributed by atoms with Crippen LogP contribution in [0.15, 0.2) is 23.1 Å². The van der Waals surface area contributed by atoms with Gasteiger partial charge in [0.15, 0.2) is 0 Å². The molecule has 3 heterocycles. The molecule has 1 fully saturated rings. The van der Waals surface area contributed by atoms with E-state index in [1.165, 1.54) is 22.5 Å². The van der Waals surface area contributed by atoms with Crippen LogP contribution in [-0.4, -0.2) is 85.6 Å². The Kier molecular flexibility index (Phi) is 5.96. The monoisotopic (exact) mass is 479 g/mol. The van der Waals surface area contributed by atoms with Crippen LogP contribution in [0.4, 0.5) is 0 Å². The predicted octanol–water partition coefficient (Wildman–Crippen LogP) is 0.632. The molecule has 2 amide bonds. The number of morpholine rings is 1. The molecule has 1 atom stereocenters. The number of thiol groups is 1. The van der Waals surface area contributed by atoms with Crippen LogP contribution in [0.2, 0.25) is 0 Å². The number of esters is 1. The molecule has 2 aliphatic heterocycles. The summed E-state index contributed by atoms with van der Waals surface area (Å²) < 4.78 is 37.5. The fourth-order valence-electron chi connectivity index (χ4n) is 3.96. The number of rotatable bonds is 5. The van der Waals surface area contributed by atoms with E-state index >= 15 is 0 Å². The number of imide groups is 1. The summed E-state index contributed by atoms with van der Waals surface area (Å²) in [5, 5.41) is 0.226. The summed E-state index contributed by atoms with van der Waals surface area (Å²) in [6, 6.07) is 3.07. The number of carbonyl (C=O) groups is 3. The lowest BCUT2D eigenvalue weighted by Gasteiger charge is -2.26. The minimum atomic E-state index is -3.83. The van der Waals surface area contributed by atoms with Crippen LogP contribution in [0.25, 0.3) is 10.9 Å². The first kappa shape index (κ1) is 22.6. The van der Waals surface area contributed by atoms with Crippen LogP contribution in [-0.2, 0) is 24.3 Å². The second-order valence-electron chi connectivity index (χ2n) is 7.34. The first-order chi connectivity index (χ1) is 15.2. The highest BCUT2D eigenvalue weighted by molar-refractivity contribution is 7.89. The van der Waals surface area contributed by atoms with Crippen molar-refractivity contribution in [3.8, 4) is 0 Å². The van der Waals surface area contributed by atoms with Crippen molar-refractivity contribution in [2.75, 3.05) is 39.2 Å². The maximum atomic E-state index is 13.3. The number of nitrogens with zero attached hydrogens (tertiary/aromatic N) is 3. The third-order valence-corrected chi connectivity index (χ3v) is 7.81. The molecule has 0 bridgehead atoms. The van der Waals surface area contributed by atoms with Crippen LogP contribution in [0, 0.1) is 6.92 Å². The zero-order chi connectivity index (χ0) is 23.2. The van der Waals surface area contributed by atoms with Gasteiger partial charge in [0.25, 0.3) is 11.8 Å². The van der Waals surface area contributed by atoms with Crippen molar-refractivity contribution in [3.05, 3.63) is 35.0 Å². The van der Waals surface area contributed by atoms with Crippen molar-refractivity contribution in [1.29, 1.82) is 0 Å². The van der Waals surface area contributed by atoms with E-state index in [4.69, 9.17) is 9.47 Å². The number of aryl methyl sites for hydroxylation is 1. The SMILES string of the molecule is COC(=O)[C@H](CS)N1C(=O)c2c(C)nc3ccc(S(=O)(=O)N4CCOCC4)cc3c2C1=O. The number of fused-ring (bicyclic) bond motifs is 3. The van der Waals surface area contributed by atoms with Crippen molar-refractivity contribution in [1.82, 2.24) is 14.2 Å². The Morgan fingerprint density at radius 1 is 1.22 bits per heavy atom. The Morgan fingerprint density at radius 2 is 1.88 bits per heavy atom. The van der Waals surface area contributed by atoms with Gasteiger partial charge in [-0.15, -0.1) is 0 Å². The summed E-state index contributed by atoms with van der Waals surface area (Å²) in [6.07, 6.45) is 0. The van der Waals surface area contributed by atoms with Gasteiger partial charge in [-0.3, -0.25) is 19.5 Å². The lowest BCUT2D eigenvalue weighted by atomic mass is 10.0. The smallest absolute Gasteiger partial charge is 0.329 e. The third kappa shape index (κ3) is 3.47. The Morgan fingerprint density at radius 3 is 2.50 bits per heavy atom. The van der Waals surface area contributed by atoms with E-state index in [0.717, 1.165) is 12.0 Å². The van der Waals surface area contributed by atoms with E-state index in [-0.39, 0.29) is 40.3 Å². The maximum Gasteiger partial charge on any atom is 0.329 e. The number of methoxy groups -OCH3 is 1. The van der Waals surface area contributed by atoms with Gasteiger partial charge in [-0.05, 0) is 25.1 Å². The van der Waals surface area contributed by atoms with Crippen molar-refractivity contribution in [2.45, 2.75) is 17.9 Å². The molecule has 1 aromatic heterocycles. The molecule has 4 rings (SSSR count). The number of ether oxygens (including phenoxy) is 2. The molecular weight excluding hydrogens is 458 g/mol. The van der Waals surface area contributed by atoms with Gasteiger partial charge < -0.3 is 9.47 Å². The molecule has 32 heavy (non-hydrogen) atoms. The quantitative estimate of drug-likeness (QED) is 0.376. The summed E-state index contributed by atoms with van der Waals surface area (Å²) in [5.74, 6) is -2.31. The van der Waals surface area contributed by atoms with E-state index < -0.39 is 33.8 Å². The van der Waals surface area contributed by atoms with Gasteiger partial charge in [0.2, 0.25) is 10.0 Å². The molecule has 12 heteroatoms. The minimum Gasteiger partial charge on any atom is -0.467 e. The minimum absolute atomic E-state index is 0.0165. The molecule has 10 nitrogen and oxygen atoms in total. The van der Waals surface area contributed by atoms with E-state index in [9.17, 15) is 22.8 Å². The molecule has 170 valence electrons. The first-order valence-electron chi connectivity index (χ1n) is 9.81. The molecule has 0 aliphatic carbocycles. The second-order valence-corrected chi connectivity index (χ2v) is 9.65. The highest BCUT2D eigenvalue weighted by Gasteiger charge is 2.45. The number of hydrogen-bond donors (Lipinski definition) is 1. The number of pyridine rings is 1. The van der Waals surface area contributed by atoms with Crippen LogP contribution < -0.4 is 0 Å². The van der Waals surface area contributed by atoms with E-state index in [1.54, 1.807) is 6.92 Å². The Labute approximate surface area is 189 Å². The second kappa shape index (κ2) is 8.43. The van der Waals surface area contributed by atoms with Crippen molar-refractivity contribution in [3.63, 3.8) is 0 Å². The number of carbonyl (C=O) groups excluding carboxylic acids is 3. The van der Waals surface area contributed by atoms with Gasteiger partial charge in [-0.2, -0.15) is 16.9 Å². The fraction of sp³-hybridized carbons (Fsp3) is 0.400. The van der Waals surface area contributed by atoms with Crippen LogP contribution >= 0.6 is 12.6 Å². The molecule has 0 unspecified atom stereocenters. The lowest BCUT2D eigenvalue weighted by molar-refractivity contribution is -0.144. The summed E-state index contributed by atoms with van der Waals surface area (Å²) in [7, 11) is -2.68. The van der Waals surface area contributed by atoms with Gasteiger partial charge in [0.05, 0.1) is 47.6 Å². The summed E-state index contributed by atoms with van der Waals surface area (Å²) in [6.45, 7) is 2.61. The number of hydrogen-bond acceptors (Lipinski definition) is 9. The summed E-state index contributed by atoms with van der Waals surface area (Å²) in [5.41, 5.74) is 0.733. The Hall–Kier alpha value is -2.54. The number of amides is 2. The molecule has 0 spiro atoms. The summed E-state index contributed by atoms with van der Waals surface area (Å²) in [4.78, 5) is 43.8. The molecular formula is C20H21N3O7S2. The van der Waals surface area contributed by atoms with Crippen LogP contribution in [0.1, 0.15) is 26.4 Å². The Bertz CT molecular complexity index is 1240. The summed E-state index contributed by atoms with van der Waals surface area (Å²) >= 11 is 4.10. The van der Waals surface area contributed by atoms with Crippen LogP contribution in [0.5, 0.6) is 0 Å². The highest BCUT2D eigenvalue weighted by atomic mass is 32.2. The van der Waals surface area contributed by atoms with Crippen LogP contribution in [0.3, 0.4) is 0 Å². The molecule has 0 saturated carbocycles. The molecule has 1 aromatic carbocycles. The normalized spacial score (nSPS) is 18.2. The van der Waals surface area contributed by atoms with Gasteiger partial charge in [-0.25, -0.2) is 13.2 Å². The zero-order valence-corrected chi connectivity index (χ0v) is 19.1. The predicted molar refractivity (Wildman–Crippen MR) is 116 cm³/mol. The van der Waals surface area contributed by atoms with Crippen molar-refractivity contribution in [2.24, 2.45) is 0 Å². The molecule has 2 aliphatic rings. The van der Waals surface area contributed by atoms with Crippen molar-refractivity contribution < 1.29 is 32.3 Å². The first-order valence-corrected chi connectivity index (χ1v) is 11.9. The molecule has 0 radical (unpaired) electrons. The lowest BCUT2D eigenvalue weighted by Crippen LogP contribution is -2.46. The van der Waals surface area contributed by atoms with E-state index in [1.807, 2.05) is 0 Å². The molecule has 0 N–H and O–H groups in total. The zero-order valence-electron chi connectivity index (χ0n) is 17.4. The topological polar surface area (TPSA) is 123 Å². The standard InChI is InChI=1S/C20H21N3O7S2/c1-11-16-17(19(25)23(18(16)24)15(10-31)20(26)29-2)13-9-12(3-4-14(13)21-11)32(27,28)22-5-7-30-8-6-22/h3-4,9,15,31H,5-8,10H2,1-2H3/t15-/m0/s1. The number of benzene rings is 1. The Balaban J connectivity index is 1.87. The largest absolute Gasteiger partial charge is 0.467 e. The van der Waals surface area contributed by atoms with Crippen molar-refractivity contribution >= 4 is 51.3 Å². The van der Waals surface area contributed by atoms with Gasteiger partial charge in [-0.1, -0.05) is 0 Å². The van der Waals surface area contributed by atoms with Gasteiger partial charge in [0, 0.05) is 24.2 Å². The number of sulfonamides is 1. The average Bonchev–Trinajstić information content (AvgIpc) is 3.06. The molecule has 1 saturated heterocycles. The highest BCUT2D eigenvalue weighted by Crippen LogP contribution is 2.34. The van der Waals surface area contributed by atoms with E-state index in [0.29, 0.717) is 24.4 Å². The number of aromatic nitrogens is 1. The maximum absolute atomic E-state index is 13.3. The van der Waals surface area contributed by atoms with E-state index in [2.05, 4.69) is 17.6 Å². The fourth-order valence-corrected chi connectivity index (χ4v) is 5.71. The average molecular weight is 480 g/mol. The van der Waals surface area contributed by atoms with Gasteiger partial charge >= 0.3 is 5.97 Å². The third-order valence-electron chi connectivity index (χ3n) is 5.57. The molecule has 2 aromatic rings. The van der Waals surface area contributed by atoms with Gasteiger partial charge in [0.1, 0.15) is 6.04 Å².